The molecule has 0 aromatic rings. The van der Waals surface area contributed by atoms with Crippen LogP contribution in [0.3, 0.4) is 0 Å². The van der Waals surface area contributed by atoms with Gasteiger partial charge in [0.25, 0.3) is 0 Å². The number of aliphatic hydroxyl groups excluding tert-OH is 13. The highest BCUT2D eigenvalue weighted by Gasteiger charge is 2.28. The summed E-state index contributed by atoms with van der Waals surface area (Å²) in [5.41, 5.74) is 0. The van der Waals surface area contributed by atoms with Gasteiger partial charge < -0.3 is 66.4 Å². The lowest BCUT2D eigenvalue weighted by molar-refractivity contribution is -0.142. The molecular weight excluding hydrogens is 392 g/mol. The van der Waals surface area contributed by atoms with Gasteiger partial charge in [0.2, 0.25) is 0 Å². The van der Waals surface area contributed by atoms with Crippen LogP contribution in [0, 0.1) is 0 Å². The van der Waals surface area contributed by atoms with Crippen molar-refractivity contribution < 1.29 is 71.2 Å². The lowest BCUT2D eigenvalue weighted by Gasteiger charge is -2.19. The van der Waals surface area contributed by atoms with E-state index in [0.717, 1.165) is 0 Å². The minimum absolute atomic E-state index is 0.365. The second kappa shape index (κ2) is 19.5. The van der Waals surface area contributed by atoms with E-state index in [1.165, 1.54) is 0 Å². The van der Waals surface area contributed by atoms with Crippen molar-refractivity contribution in [3.63, 3.8) is 0 Å². The van der Waals surface area contributed by atoms with Crippen molar-refractivity contribution in [3.05, 3.63) is 0 Å². The van der Waals surface area contributed by atoms with E-state index in [0.29, 0.717) is 0 Å². The zero-order valence-corrected chi connectivity index (χ0v) is 15.0. The summed E-state index contributed by atoms with van der Waals surface area (Å²) in [5.74, 6) is -1.00. The van der Waals surface area contributed by atoms with Gasteiger partial charge in [-0.05, 0) is 0 Å². The molecule has 0 heterocycles. The van der Waals surface area contributed by atoms with Gasteiger partial charge in [0.05, 0.1) is 33.0 Å². The van der Waals surface area contributed by atoms with Crippen molar-refractivity contribution in [1.29, 1.82) is 0 Å². The number of Topliss-reactive ketones (excluding diaryl/α,β-unsaturated/α-hetero) is 1. The number of hydrogen-bond donors (Lipinski definition) is 13. The van der Waals surface area contributed by atoms with Gasteiger partial charge in [-0.15, -0.1) is 0 Å². The monoisotopic (exact) mass is 424 g/mol. The second-order valence-corrected chi connectivity index (χ2v) is 5.32. The molecule has 0 aliphatic rings. The Hall–Kier alpha value is -0.850. The second-order valence-electron chi connectivity index (χ2n) is 5.32. The van der Waals surface area contributed by atoms with Crippen LogP contribution < -0.4 is 0 Å². The van der Waals surface area contributed by atoms with Crippen LogP contribution in [-0.2, 0) is 4.79 Å². The van der Waals surface area contributed by atoms with Gasteiger partial charge in [0.1, 0.15) is 49.3 Å². The van der Waals surface area contributed by atoms with Crippen LogP contribution in [-0.4, -0.2) is 155 Å². The van der Waals surface area contributed by atoms with E-state index in [2.05, 4.69) is 0 Å². The first kappa shape index (κ1) is 31.8. The number of ketones is 1. The van der Waals surface area contributed by atoms with E-state index in [1.807, 2.05) is 0 Å². The molecule has 0 aromatic carbocycles. The Kier molecular flexibility index (Phi) is 22.1. The van der Waals surface area contributed by atoms with Crippen molar-refractivity contribution in [2.24, 2.45) is 0 Å². The molecule has 0 radical (unpaired) electrons. The van der Waals surface area contributed by atoms with Crippen LogP contribution >= 0.6 is 0 Å². The van der Waals surface area contributed by atoms with Crippen molar-refractivity contribution in [3.8, 4) is 0 Å². The van der Waals surface area contributed by atoms with Crippen LogP contribution in [0.1, 0.15) is 0 Å². The molecule has 28 heavy (non-hydrogen) atoms. The SMILES string of the molecule is O=C(CO)C(O)C(O)C(O)CO.OCC(O)C(O)C(O)CO.OCC(O)CO. The summed E-state index contributed by atoms with van der Waals surface area (Å²) < 4.78 is 0. The van der Waals surface area contributed by atoms with Gasteiger partial charge in [-0.25, -0.2) is 0 Å². The van der Waals surface area contributed by atoms with Gasteiger partial charge in [-0.1, -0.05) is 0 Å². The van der Waals surface area contributed by atoms with Crippen LogP contribution in [0.2, 0.25) is 0 Å². The average Bonchev–Trinajstić information content (AvgIpc) is 2.74. The Labute approximate surface area is 160 Å². The van der Waals surface area contributed by atoms with Crippen molar-refractivity contribution in [2.75, 3.05) is 39.6 Å². The molecule has 0 aliphatic heterocycles. The fourth-order valence-electron chi connectivity index (χ4n) is 1.13. The van der Waals surface area contributed by atoms with Crippen LogP contribution in [0.4, 0.5) is 0 Å². The number of hydrogen-bond acceptors (Lipinski definition) is 14. The van der Waals surface area contributed by atoms with Gasteiger partial charge >= 0.3 is 0 Å². The summed E-state index contributed by atoms with van der Waals surface area (Å²) in [6.07, 6.45) is -10.5. The van der Waals surface area contributed by atoms with Crippen molar-refractivity contribution in [1.82, 2.24) is 0 Å². The van der Waals surface area contributed by atoms with Crippen molar-refractivity contribution in [2.45, 2.75) is 42.7 Å². The molecule has 0 amide bonds. The lowest BCUT2D eigenvalue weighted by atomic mass is 10.1. The highest BCUT2D eigenvalue weighted by molar-refractivity contribution is 5.84. The molecule has 172 valence electrons. The van der Waals surface area contributed by atoms with E-state index in [4.69, 9.17) is 66.4 Å². The summed E-state index contributed by atoms with van der Waals surface area (Å²) >= 11 is 0. The zero-order chi connectivity index (χ0) is 22.9. The highest BCUT2D eigenvalue weighted by Crippen LogP contribution is 2.00. The standard InChI is InChI=1S/C6H12O6.C5H12O5.C3H8O3/c7-1-3(9)5(11)6(12)4(10)2-8;6-1-3(8)5(10)4(9)2-7;4-1-3(6)2-5/h3,5-9,11-12H,1-2H2;3-10H,1-2H2;3-6H,1-2H2. The van der Waals surface area contributed by atoms with Crippen LogP contribution in [0.15, 0.2) is 0 Å². The maximum absolute atomic E-state index is 10.5. The Morgan fingerprint density at radius 3 is 1.07 bits per heavy atom. The topological polar surface area (TPSA) is 280 Å². The molecular formula is C14H32O14. The predicted octanol–water partition coefficient (Wildman–Crippen LogP) is -7.99. The molecule has 14 heteroatoms. The third-order valence-corrected chi connectivity index (χ3v) is 2.97. The molecule has 13 N–H and O–H groups in total. The third kappa shape index (κ3) is 15.1. The molecule has 0 aromatic heterocycles. The first-order valence-corrected chi connectivity index (χ1v) is 7.93. The molecule has 0 aliphatic carbocycles. The quantitative estimate of drug-likeness (QED) is 0.147. The smallest absolute Gasteiger partial charge is 0.189 e. The lowest BCUT2D eigenvalue weighted by Crippen LogP contribution is -2.44. The summed E-state index contributed by atoms with van der Waals surface area (Å²) in [6.45, 7) is -3.70. The fraction of sp³-hybridized carbons (Fsp3) is 0.929. The molecule has 5 atom stereocenters. The van der Waals surface area contributed by atoms with E-state index < -0.39 is 74.9 Å². The Bertz CT molecular complexity index is 343. The first-order chi connectivity index (χ1) is 13.0. The Balaban J connectivity index is -0.000000354. The average molecular weight is 424 g/mol. The summed E-state index contributed by atoms with van der Waals surface area (Å²) in [6, 6.07) is 0. The maximum atomic E-state index is 10.5. The Morgan fingerprint density at radius 2 is 0.857 bits per heavy atom. The number of carbonyl (C=O) groups is 1. The third-order valence-electron chi connectivity index (χ3n) is 2.97. The van der Waals surface area contributed by atoms with E-state index >= 15 is 0 Å². The molecule has 0 rings (SSSR count). The summed E-state index contributed by atoms with van der Waals surface area (Å²) in [5, 5.41) is 110. The molecule has 0 saturated carbocycles. The predicted molar refractivity (Wildman–Crippen MR) is 89.6 cm³/mol. The molecule has 0 saturated heterocycles. The van der Waals surface area contributed by atoms with E-state index in [9.17, 15) is 4.79 Å². The zero-order valence-electron chi connectivity index (χ0n) is 15.0. The van der Waals surface area contributed by atoms with Crippen LogP contribution in [0.25, 0.3) is 0 Å². The number of rotatable bonds is 11. The summed E-state index contributed by atoms with van der Waals surface area (Å²) in [4.78, 5) is 10.5. The molecule has 14 nitrogen and oxygen atoms in total. The molecule has 0 bridgehead atoms. The minimum atomic E-state index is -1.86. The van der Waals surface area contributed by atoms with Gasteiger partial charge in [-0.3, -0.25) is 4.79 Å². The van der Waals surface area contributed by atoms with Crippen molar-refractivity contribution >= 4 is 5.78 Å². The van der Waals surface area contributed by atoms with Gasteiger partial charge in [0, 0.05) is 0 Å². The maximum Gasteiger partial charge on any atom is 0.189 e. The van der Waals surface area contributed by atoms with Gasteiger partial charge in [-0.2, -0.15) is 0 Å². The normalized spacial score (nSPS) is 17.2. The largest absolute Gasteiger partial charge is 0.394 e. The molecule has 5 unspecified atom stereocenters. The number of aliphatic hydroxyl groups is 13. The highest BCUT2D eigenvalue weighted by atomic mass is 16.4. The van der Waals surface area contributed by atoms with Gasteiger partial charge in [0.15, 0.2) is 5.78 Å². The van der Waals surface area contributed by atoms with E-state index in [-0.39, 0.29) is 13.2 Å². The number of carbonyl (C=O) groups excluding carboxylic acids is 1. The minimum Gasteiger partial charge on any atom is -0.394 e. The fourth-order valence-corrected chi connectivity index (χ4v) is 1.13. The molecule has 0 fully saturated rings. The summed E-state index contributed by atoms with van der Waals surface area (Å²) in [7, 11) is 0. The van der Waals surface area contributed by atoms with Crippen LogP contribution in [0.5, 0.6) is 0 Å². The first-order valence-electron chi connectivity index (χ1n) is 7.93. The molecule has 0 spiro atoms. The van der Waals surface area contributed by atoms with E-state index in [1.54, 1.807) is 0 Å². The Morgan fingerprint density at radius 1 is 0.536 bits per heavy atom.